The Morgan fingerprint density at radius 1 is 1.47 bits per heavy atom. The summed E-state index contributed by atoms with van der Waals surface area (Å²) >= 11 is 7.33. The summed E-state index contributed by atoms with van der Waals surface area (Å²) in [7, 11) is 0. The Balaban J connectivity index is 2.07. The van der Waals surface area contributed by atoms with Crippen LogP contribution in [-0.4, -0.2) is 9.97 Å². The van der Waals surface area contributed by atoms with Crippen molar-refractivity contribution < 1.29 is 0 Å². The van der Waals surface area contributed by atoms with Crippen LogP contribution in [0.1, 0.15) is 5.01 Å². The number of nitrogens with one attached hydrogen (secondary N) is 1. The van der Waals surface area contributed by atoms with Gasteiger partial charge in [-0.1, -0.05) is 11.6 Å². The smallest absolute Gasteiger partial charge is 0.151 e. The van der Waals surface area contributed by atoms with Crippen LogP contribution in [-0.2, 0) is 6.54 Å². The predicted octanol–water partition coefficient (Wildman–Crippen LogP) is 2.39. The van der Waals surface area contributed by atoms with E-state index in [-0.39, 0.29) is 0 Å². The molecule has 2 aromatic rings. The number of aromatic nitrogens is 2. The minimum atomic E-state index is 0.422. The summed E-state index contributed by atoms with van der Waals surface area (Å²) in [5, 5.41) is 6.41. The van der Waals surface area contributed by atoms with Crippen molar-refractivity contribution in [2.24, 2.45) is 0 Å². The highest BCUT2D eigenvalue weighted by Crippen LogP contribution is 2.19. The van der Waals surface area contributed by atoms with Gasteiger partial charge in [0, 0.05) is 11.6 Å². The highest BCUT2D eigenvalue weighted by atomic mass is 35.5. The molecular formula is C9H9ClN4S. The quantitative estimate of drug-likeness (QED) is 0.809. The average Bonchev–Trinajstić information content (AvgIpc) is 2.72. The molecule has 0 spiro atoms. The molecular weight excluding hydrogens is 232 g/mol. The van der Waals surface area contributed by atoms with Gasteiger partial charge in [0.1, 0.15) is 10.2 Å². The second kappa shape index (κ2) is 4.46. The molecule has 2 rings (SSSR count). The molecule has 0 bridgehead atoms. The molecule has 2 aromatic heterocycles. The normalized spacial score (nSPS) is 10.2. The predicted molar refractivity (Wildman–Crippen MR) is 63.1 cm³/mol. The molecule has 0 fully saturated rings. The number of nitrogens with two attached hydrogens (primary N) is 1. The lowest BCUT2D eigenvalue weighted by Gasteiger charge is -2.06. The molecule has 2 heterocycles. The maximum Gasteiger partial charge on any atom is 0.151 e. The van der Waals surface area contributed by atoms with Gasteiger partial charge < -0.3 is 11.1 Å². The summed E-state index contributed by atoms with van der Waals surface area (Å²) < 4.78 is 0. The van der Waals surface area contributed by atoms with Crippen LogP contribution in [0.25, 0.3) is 0 Å². The van der Waals surface area contributed by atoms with Crippen molar-refractivity contribution in [1.29, 1.82) is 0 Å². The molecule has 0 aliphatic carbocycles. The van der Waals surface area contributed by atoms with E-state index < -0.39 is 0 Å². The molecule has 0 aliphatic heterocycles. The van der Waals surface area contributed by atoms with E-state index in [1.807, 2.05) is 5.38 Å². The zero-order valence-electron chi connectivity index (χ0n) is 7.77. The molecule has 3 N–H and O–H groups in total. The van der Waals surface area contributed by atoms with Crippen LogP contribution in [0, 0.1) is 0 Å². The SMILES string of the molecule is Nc1ccc(Cl)nc1NCc1nccs1. The summed E-state index contributed by atoms with van der Waals surface area (Å²) in [5.74, 6) is 0.595. The number of pyridine rings is 1. The molecule has 0 saturated carbocycles. The number of thiazole rings is 1. The van der Waals surface area contributed by atoms with Gasteiger partial charge in [0.25, 0.3) is 0 Å². The summed E-state index contributed by atoms with van der Waals surface area (Å²) in [6.45, 7) is 0.606. The van der Waals surface area contributed by atoms with Crippen LogP contribution in [0.4, 0.5) is 11.5 Å². The van der Waals surface area contributed by atoms with Gasteiger partial charge in [0.2, 0.25) is 0 Å². The van der Waals surface area contributed by atoms with Crippen LogP contribution in [0.3, 0.4) is 0 Å². The third-order valence-electron chi connectivity index (χ3n) is 1.78. The molecule has 0 amide bonds. The first kappa shape index (κ1) is 10.2. The Labute approximate surface area is 96.1 Å². The first-order valence-corrected chi connectivity index (χ1v) is 5.56. The van der Waals surface area contributed by atoms with Crippen molar-refractivity contribution in [3.8, 4) is 0 Å². The van der Waals surface area contributed by atoms with E-state index in [1.165, 1.54) is 0 Å². The standard InChI is InChI=1S/C9H9ClN4S/c10-7-2-1-6(11)9(14-7)13-5-8-12-3-4-15-8/h1-4H,5,11H2,(H,13,14). The van der Waals surface area contributed by atoms with Gasteiger partial charge in [0.05, 0.1) is 12.2 Å². The minimum Gasteiger partial charge on any atom is -0.396 e. The molecule has 0 radical (unpaired) electrons. The fourth-order valence-electron chi connectivity index (χ4n) is 1.09. The van der Waals surface area contributed by atoms with E-state index >= 15 is 0 Å². The monoisotopic (exact) mass is 240 g/mol. The summed E-state index contributed by atoms with van der Waals surface area (Å²) in [6, 6.07) is 3.38. The largest absolute Gasteiger partial charge is 0.396 e. The van der Waals surface area contributed by atoms with Crippen molar-refractivity contribution in [2.75, 3.05) is 11.1 Å². The van der Waals surface area contributed by atoms with E-state index in [2.05, 4.69) is 15.3 Å². The average molecular weight is 241 g/mol. The lowest BCUT2D eigenvalue weighted by atomic mass is 10.4. The molecule has 4 nitrogen and oxygen atoms in total. The fourth-order valence-corrected chi connectivity index (χ4v) is 1.79. The third kappa shape index (κ3) is 2.57. The third-order valence-corrected chi connectivity index (χ3v) is 2.77. The van der Waals surface area contributed by atoms with E-state index in [0.29, 0.717) is 23.2 Å². The van der Waals surface area contributed by atoms with Gasteiger partial charge in [-0.25, -0.2) is 9.97 Å². The van der Waals surface area contributed by atoms with Crippen molar-refractivity contribution in [2.45, 2.75) is 6.54 Å². The highest BCUT2D eigenvalue weighted by Gasteiger charge is 2.02. The van der Waals surface area contributed by atoms with Gasteiger partial charge in [-0.2, -0.15) is 0 Å². The Morgan fingerprint density at radius 2 is 2.33 bits per heavy atom. The Bertz CT molecular complexity index is 443. The van der Waals surface area contributed by atoms with Crippen LogP contribution < -0.4 is 11.1 Å². The van der Waals surface area contributed by atoms with Gasteiger partial charge in [-0.05, 0) is 12.1 Å². The van der Waals surface area contributed by atoms with Gasteiger partial charge in [-0.3, -0.25) is 0 Å². The number of nitrogen functional groups attached to an aromatic ring is 1. The molecule has 0 atom stereocenters. The van der Waals surface area contributed by atoms with Crippen molar-refractivity contribution in [3.05, 3.63) is 33.9 Å². The van der Waals surface area contributed by atoms with E-state index in [1.54, 1.807) is 29.7 Å². The van der Waals surface area contributed by atoms with E-state index in [9.17, 15) is 0 Å². The molecule has 0 saturated heterocycles. The summed E-state index contributed by atoms with van der Waals surface area (Å²) in [4.78, 5) is 8.22. The topological polar surface area (TPSA) is 63.8 Å². The first-order chi connectivity index (χ1) is 7.25. The van der Waals surface area contributed by atoms with E-state index in [0.717, 1.165) is 5.01 Å². The van der Waals surface area contributed by atoms with E-state index in [4.69, 9.17) is 17.3 Å². The Kier molecular flexibility index (Phi) is 3.03. The molecule has 6 heteroatoms. The van der Waals surface area contributed by atoms with Gasteiger partial charge in [0.15, 0.2) is 5.82 Å². The maximum absolute atomic E-state index is 5.76. The lowest BCUT2D eigenvalue weighted by Crippen LogP contribution is -2.04. The van der Waals surface area contributed by atoms with Crippen LogP contribution >= 0.6 is 22.9 Å². The number of rotatable bonds is 3. The molecule has 78 valence electrons. The van der Waals surface area contributed by atoms with Crippen LogP contribution in [0.2, 0.25) is 5.15 Å². The Hall–Kier alpha value is -1.33. The first-order valence-electron chi connectivity index (χ1n) is 4.30. The van der Waals surface area contributed by atoms with Crippen molar-refractivity contribution in [1.82, 2.24) is 9.97 Å². The fraction of sp³-hybridized carbons (Fsp3) is 0.111. The number of nitrogens with zero attached hydrogens (tertiary/aromatic N) is 2. The van der Waals surface area contributed by atoms with Crippen LogP contribution in [0.5, 0.6) is 0 Å². The van der Waals surface area contributed by atoms with Gasteiger partial charge >= 0.3 is 0 Å². The highest BCUT2D eigenvalue weighted by molar-refractivity contribution is 7.09. The Morgan fingerprint density at radius 3 is 3.07 bits per heavy atom. The zero-order valence-corrected chi connectivity index (χ0v) is 9.35. The van der Waals surface area contributed by atoms with Crippen molar-refractivity contribution >= 4 is 34.4 Å². The second-order valence-electron chi connectivity index (χ2n) is 2.85. The number of hydrogen-bond acceptors (Lipinski definition) is 5. The lowest BCUT2D eigenvalue weighted by molar-refractivity contribution is 1.08. The summed E-state index contributed by atoms with van der Waals surface area (Å²) in [6.07, 6.45) is 1.76. The number of halogens is 1. The molecule has 0 aliphatic rings. The number of anilines is 2. The van der Waals surface area contributed by atoms with Gasteiger partial charge in [-0.15, -0.1) is 11.3 Å². The number of hydrogen-bond donors (Lipinski definition) is 2. The minimum absolute atomic E-state index is 0.422. The molecule has 0 aromatic carbocycles. The maximum atomic E-state index is 5.76. The molecule has 15 heavy (non-hydrogen) atoms. The summed E-state index contributed by atoms with van der Waals surface area (Å²) in [5.41, 5.74) is 6.31. The second-order valence-corrected chi connectivity index (χ2v) is 4.22. The zero-order chi connectivity index (χ0) is 10.7. The molecule has 0 unspecified atom stereocenters. The van der Waals surface area contributed by atoms with Crippen molar-refractivity contribution in [3.63, 3.8) is 0 Å². The van der Waals surface area contributed by atoms with Crippen LogP contribution in [0.15, 0.2) is 23.7 Å².